The van der Waals surface area contributed by atoms with Gasteiger partial charge in [-0.3, -0.25) is 4.18 Å². The van der Waals surface area contributed by atoms with E-state index in [1.54, 1.807) is 0 Å². The maximum Gasteiger partial charge on any atom is 0.504 e. The van der Waals surface area contributed by atoms with Crippen molar-refractivity contribution in [1.29, 1.82) is 0 Å². The fourth-order valence-corrected chi connectivity index (χ4v) is 4.66. The van der Waals surface area contributed by atoms with Crippen LogP contribution in [-0.4, -0.2) is 14.5 Å². The molecular weight excluding hydrogens is 426 g/mol. The van der Waals surface area contributed by atoms with Crippen molar-refractivity contribution in [3.8, 4) is 16.9 Å². The predicted molar refractivity (Wildman–Crippen MR) is 128 cm³/mol. The van der Waals surface area contributed by atoms with E-state index in [2.05, 4.69) is 50.1 Å². The molecule has 0 aliphatic carbocycles. The number of hydrogen-bond acceptors (Lipinski definition) is 5. The smallest absolute Gasteiger partial charge is 0.352 e. The molecule has 2 aromatic rings. The largest absolute Gasteiger partial charge is 0.504 e. The second kappa shape index (κ2) is 9.94. The Morgan fingerprint density at radius 3 is 1.69 bits per heavy atom. The maximum absolute atomic E-state index is 12.4. The summed E-state index contributed by atoms with van der Waals surface area (Å²) in [6, 6.07) is 10.2. The Kier molecular flexibility index (Phi) is 7.99. The van der Waals surface area contributed by atoms with Gasteiger partial charge in [-0.25, -0.2) is 4.79 Å². The number of carbonyl (C=O) groups is 1. The lowest BCUT2D eigenvalue weighted by atomic mass is 9.80. The van der Waals surface area contributed by atoms with Crippen molar-refractivity contribution in [2.75, 3.05) is 0 Å². The van der Waals surface area contributed by atoms with E-state index in [0.717, 1.165) is 16.7 Å². The van der Waals surface area contributed by atoms with Crippen molar-refractivity contribution in [3.05, 3.63) is 52.6 Å². The molecule has 2 aromatic carbocycles. The average Bonchev–Trinajstić information content (AvgIpc) is 2.64. The molecule has 0 aliphatic heterocycles. The molecule has 0 spiro atoms. The van der Waals surface area contributed by atoms with Crippen molar-refractivity contribution in [2.24, 2.45) is 5.73 Å². The summed E-state index contributed by atoms with van der Waals surface area (Å²) < 4.78 is 34.5. The molecule has 0 radical (unpaired) electrons. The first-order valence-corrected chi connectivity index (χ1v) is 12.3. The van der Waals surface area contributed by atoms with Crippen molar-refractivity contribution in [1.82, 2.24) is 0 Å². The molecule has 0 heterocycles. The number of benzene rings is 2. The van der Waals surface area contributed by atoms with Crippen LogP contribution < -0.4 is 9.92 Å². The quantitative estimate of drug-likeness (QED) is 0.480. The molecule has 176 valence electrons. The first kappa shape index (κ1) is 25.7. The molecule has 0 bridgehead atoms. The van der Waals surface area contributed by atoms with Crippen LogP contribution in [0.1, 0.15) is 101 Å². The second-order valence-corrected chi connectivity index (χ2v) is 10.4. The summed E-state index contributed by atoms with van der Waals surface area (Å²) in [4.78, 5) is 11.1. The van der Waals surface area contributed by atoms with E-state index in [1.807, 2.05) is 39.8 Å². The van der Waals surface area contributed by atoms with Crippen LogP contribution >= 0.6 is 0 Å². The van der Waals surface area contributed by atoms with Crippen LogP contribution in [0.4, 0.5) is 4.79 Å². The maximum atomic E-state index is 12.4. The minimum Gasteiger partial charge on any atom is -0.352 e. The van der Waals surface area contributed by atoms with Crippen LogP contribution in [0.5, 0.6) is 5.75 Å². The molecule has 0 aromatic heterocycles. The zero-order valence-corrected chi connectivity index (χ0v) is 21.0. The van der Waals surface area contributed by atoms with Gasteiger partial charge in [0.05, 0.1) is 0 Å². The summed E-state index contributed by atoms with van der Waals surface area (Å²) in [5, 5.41) is 0. The SMILES string of the molecule is CC(C)c1ccc(-c2c(C(C)C)cccc2C(C)C)c(C(C)C)c1OS(=O)(=O)OC(N)=O. The van der Waals surface area contributed by atoms with Gasteiger partial charge in [-0.05, 0) is 51.5 Å². The summed E-state index contributed by atoms with van der Waals surface area (Å²) in [6.45, 7) is 16.5. The van der Waals surface area contributed by atoms with Crippen molar-refractivity contribution in [3.63, 3.8) is 0 Å². The number of rotatable bonds is 8. The van der Waals surface area contributed by atoms with E-state index in [-0.39, 0.29) is 29.4 Å². The van der Waals surface area contributed by atoms with Gasteiger partial charge >= 0.3 is 16.5 Å². The second-order valence-electron chi connectivity index (χ2n) is 9.27. The normalized spacial score (nSPS) is 12.1. The van der Waals surface area contributed by atoms with Crippen LogP contribution in [0, 0.1) is 0 Å². The molecule has 2 rings (SSSR count). The number of carbonyl (C=O) groups excluding carboxylic acids is 1. The fourth-order valence-electron chi connectivity index (χ4n) is 4.04. The summed E-state index contributed by atoms with van der Waals surface area (Å²) in [5.74, 6) is 0.634. The zero-order valence-electron chi connectivity index (χ0n) is 20.2. The van der Waals surface area contributed by atoms with Gasteiger partial charge in [0.1, 0.15) is 0 Å². The Balaban J connectivity index is 2.96. The number of hydrogen-bond donors (Lipinski definition) is 1. The van der Waals surface area contributed by atoms with Gasteiger partial charge in [0.2, 0.25) is 0 Å². The van der Waals surface area contributed by atoms with Crippen LogP contribution in [0.15, 0.2) is 30.3 Å². The molecular formula is C25H35NO5S. The monoisotopic (exact) mass is 461 g/mol. The fraction of sp³-hybridized carbons (Fsp3) is 0.480. The lowest BCUT2D eigenvalue weighted by molar-refractivity contribution is 0.206. The molecule has 32 heavy (non-hydrogen) atoms. The molecule has 0 fully saturated rings. The number of nitrogens with two attached hydrogens (primary N) is 1. The highest BCUT2D eigenvalue weighted by molar-refractivity contribution is 7.82. The van der Waals surface area contributed by atoms with Crippen LogP contribution in [0.2, 0.25) is 0 Å². The third-order valence-electron chi connectivity index (χ3n) is 5.44. The Labute approximate surface area is 192 Å². The first-order chi connectivity index (χ1) is 14.8. The van der Waals surface area contributed by atoms with Crippen molar-refractivity contribution < 1.29 is 21.6 Å². The van der Waals surface area contributed by atoms with Crippen molar-refractivity contribution >= 4 is 16.5 Å². The molecule has 1 amide bonds. The molecule has 0 saturated carbocycles. The van der Waals surface area contributed by atoms with Crippen LogP contribution in [0.25, 0.3) is 11.1 Å². The van der Waals surface area contributed by atoms with E-state index in [9.17, 15) is 13.2 Å². The lowest BCUT2D eigenvalue weighted by Gasteiger charge is -2.26. The molecule has 2 N–H and O–H groups in total. The summed E-state index contributed by atoms with van der Waals surface area (Å²) in [7, 11) is -4.67. The molecule has 0 aliphatic rings. The zero-order chi connectivity index (χ0) is 24.4. The Bertz CT molecular complexity index is 1060. The highest BCUT2D eigenvalue weighted by Crippen LogP contribution is 2.46. The number of amides is 1. The van der Waals surface area contributed by atoms with Gasteiger partial charge in [-0.2, -0.15) is 0 Å². The van der Waals surface area contributed by atoms with E-state index in [0.29, 0.717) is 5.56 Å². The highest BCUT2D eigenvalue weighted by Gasteiger charge is 2.28. The topological polar surface area (TPSA) is 95.7 Å². The third-order valence-corrected chi connectivity index (χ3v) is 6.18. The summed E-state index contributed by atoms with van der Waals surface area (Å²) in [5.41, 5.74) is 10.8. The van der Waals surface area contributed by atoms with E-state index in [1.165, 1.54) is 11.1 Å². The predicted octanol–water partition coefficient (Wildman–Crippen LogP) is 6.57. The standard InChI is InChI=1S/C25H35NO5S/c1-14(2)18-10-9-11-19(15(3)4)23(18)21-13-12-20(16(5)6)24(22(21)17(7)8)30-32(28,29)31-25(26)27/h9-17H,1-8H3,(H2,26,27). The molecule has 7 heteroatoms. The molecule has 0 saturated heterocycles. The van der Waals surface area contributed by atoms with Gasteiger partial charge in [-0.15, -0.1) is 8.42 Å². The Hall–Kier alpha value is -2.54. The van der Waals surface area contributed by atoms with E-state index >= 15 is 0 Å². The van der Waals surface area contributed by atoms with Gasteiger partial charge in [0, 0.05) is 5.56 Å². The highest BCUT2D eigenvalue weighted by atomic mass is 32.3. The minimum atomic E-state index is -4.67. The average molecular weight is 462 g/mol. The minimum absolute atomic E-state index is 0.0229. The Morgan fingerprint density at radius 2 is 1.28 bits per heavy atom. The third kappa shape index (κ3) is 5.63. The van der Waals surface area contributed by atoms with E-state index in [4.69, 9.17) is 9.92 Å². The lowest BCUT2D eigenvalue weighted by Crippen LogP contribution is -2.23. The number of primary amides is 1. The van der Waals surface area contributed by atoms with Crippen LogP contribution in [-0.2, 0) is 14.6 Å². The van der Waals surface area contributed by atoms with Crippen molar-refractivity contribution in [2.45, 2.75) is 79.1 Å². The van der Waals surface area contributed by atoms with E-state index < -0.39 is 16.5 Å². The molecule has 6 nitrogen and oxygen atoms in total. The van der Waals surface area contributed by atoms with Gasteiger partial charge < -0.3 is 9.92 Å². The van der Waals surface area contributed by atoms with Gasteiger partial charge in [0.25, 0.3) is 0 Å². The van der Waals surface area contributed by atoms with Crippen LogP contribution in [0.3, 0.4) is 0 Å². The van der Waals surface area contributed by atoms with Gasteiger partial charge in [0.15, 0.2) is 5.75 Å². The first-order valence-electron chi connectivity index (χ1n) is 11.0. The Morgan fingerprint density at radius 1 is 0.781 bits per heavy atom. The molecule has 0 atom stereocenters. The van der Waals surface area contributed by atoms with Gasteiger partial charge in [-0.1, -0.05) is 85.7 Å². The molecule has 0 unspecified atom stereocenters. The summed E-state index contributed by atoms with van der Waals surface area (Å²) in [6.07, 6.45) is -1.44. The summed E-state index contributed by atoms with van der Waals surface area (Å²) >= 11 is 0.